The van der Waals surface area contributed by atoms with Crippen molar-refractivity contribution in [3.05, 3.63) is 53.9 Å². The summed E-state index contributed by atoms with van der Waals surface area (Å²) >= 11 is 0. The van der Waals surface area contributed by atoms with Crippen molar-refractivity contribution in [1.29, 1.82) is 0 Å². The number of nitrogens with zero attached hydrogens (tertiary/aromatic N) is 2. The molecule has 2 N–H and O–H groups in total. The number of aliphatic hydroxyl groups excluding tert-OH is 1. The van der Waals surface area contributed by atoms with Gasteiger partial charge in [0.15, 0.2) is 0 Å². The number of carbonyl (C=O) groups excluding carboxylic acids is 1. The molecular formula is C15H19N3O2. The van der Waals surface area contributed by atoms with Crippen LogP contribution in [-0.4, -0.2) is 27.4 Å². The monoisotopic (exact) mass is 273 g/mol. The highest BCUT2D eigenvalue weighted by molar-refractivity contribution is 5.92. The number of benzene rings is 1. The molecule has 0 fully saturated rings. The summed E-state index contributed by atoms with van der Waals surface area (Å²) in [6, 6.07) is 10.8. The molecule has 1 amide bonds. The zero-order valence-electron chi connectivity index (χ0n) is 11.7. The van der Waals surface area contributed by atoms with Gasteiger partial charge >= 0.3 is 0 Å². The molecule has 0 radical (unpaired) electrons. The van der Waals surface area contributed by atoms with E-state index in [-0.39, 0.29) is 18.6 Å². The largest absolute Gasteiger partial charge is 0.394 e. The van der Waals surface area contributed by atoms with Crippen LogP contribution in [0.25, 0.3) is 0 Å². The van der Waals surface area contributed by atoms with Crippen LogP contribution in [0, 0.1) is 0 Å². The first-order valence-electron chi connectivity index (χ1n) is 6.63. The van der Waals surface area contributed by atoms with E-state index in [1.165, 1.54) is 0 Å². The minimum Gasteiger partial charge on any atom is -0.394 e. The Morgan fingerprint density at radius 3 is 2.60 bits per heavy atom. The van der Waals surface area contributed by atoms with E-state index in [4.69, 9.17) is 0 Å². The summed E-state index contributed by atoms with van der Waals surface area (Å²) in [5, 5.41) is 16.4. The molecule has 5 heteroatoms. The summed E-state index contributed by atoms with van der Waals surface area (Å²) in [6.07, 6.45) is 1.60. The highest BCUT2D eigenvalue weighted by Crippen LogP contribution is 2.14. The van der Waals surface area contributed by atoms with Crippen molar-refractivity contribution in [1.82, 2.24) is 15.1 Å². The van der Waals surface area contributed by atoms with Crippen LogP contribution in [0.3, 0.4) is 0 Å². The van der Waals surface area contributed by atoms with Gasteiger partial charge in [0.1, 0.15) is 5.69 Å². The second kappa shape index (κ2) is 6.34. The van der Waals surface area contributed by atoms with Crippen LogP contribution in [-0.2, 0) is 0 Å². The van der Waals surface area contributed by atoms with Gasteiger partial charge in [0.2, 0.25) is 0 Å². The van der Waals surface area contributed by atoms with Crippen LogP contribution in [0.2, 0.25) is 0 Å². The predicted molar refractivity (Wildman–Crippen MR) is 76.3 cm³/mol. The fourth-order valence-corrected chi connectivity index (χ4v) is 2.06. The molecule has 2 rings (SSSR count). The standard InChI is InChI=1S/C15H19N3O2/c1-11(2)18-14(8-9-16-18)15(20)17-13(10-19)12-6-4-3-5-7-12/h3-9,11,13,19H,10H2,1-2H3,(H,17,20)/t13-/m1/s1. The number of carbonyl (C=O) groups is 1. The van der Waals surface area contributed by atoms with E-state index < -0.39 is 6.04 Å². The third-order valence-corrected chi connectivity index (χ3v) is 3.08. The van der Waals surface area contributed by atoms with Gasteiger partial charge in [0, 0.05) is 12.2 Å². The summed E-state index contributed by atoms with van der Waals surface area (Å²) in [7, 11) is 0. The number of aliphatic hydroxyl groups is 1. The maximum atomic E-state index is 12.3. The van der Waals surface area contributed by atoms with Gasteiger partial charge in [-0.05, 0) is 25.5 Å². The zero-order valence-corrected chi connectivity index (χ0v) is 11.7. The quantitative estimate of drug-likeness (QED) is 0.874. The first-order chi connectivity index (χ1) is 9.63. The van der Waals surface area contributed by atoms with Crippen molar-refractivity contribution in [3.63, 3.8) is 0 Å². The van der Waals surface area contributed by atoms with E-state index in [1.54, 1.807) is 16.9 Å². The molecule has 1 heterocycles. The third kappa shape index (κ3) is 3.05. The summed E-state index contributed by atoms with van der Waals surface area (Å²) < 4.78 is 1.66. The maximum absolute atomic E-state index is 12.3. The van der Waals surface area contributed by atoms with Crippen molar-refractivity contribution >= 4 is 5.91 Å². The molecular weight excluding hydrogens is 254 g/mol. The fraction of sp³-hybridized carbons (Fsp3) is 0.333. The first kappa shape index (κ1) is 14.3. The Hall–Kier alpha value is -2.14. The minimum absolute atomic E-state index is 0.107. The molecule has 0 unspecified atom stereocenters. The van der Waals surface area contributed by atoms with E-state index in [9.17, 15) is 9.90 Å². The fourth-order valence-electron chi connectivity index (χ4n) is 2.06. The van der Waals surface area contributed by atoms with Gasteiger partial charge < -0.3 is 10.4 Å². The Labute approximate surface area is 118 Å². The lowest BCUT2D eigenvalue weighted by molar-refractivity contribution is 0.0903. The Morgan fingerprint density at radius 1 is 1.30 bits per heavy atom. The molecule has 1 aromatic carbocycles. The van der Waals surface area contributed by atoms with Gasteiger partial charge in [-0.1, -0.05) is 30.3 Å². The highest BCUT2D eigenvalue weighted by atomic mass is 16.3. The summed E-state index contributed by atoms with van der Waals surface area (Å²) in [5.74, 6) is -0.237. The van der Waals surface area contributed by atoms with Crippen molar-refractivity contribution in [3.8, 4) is 0 Å². The lowest BCUT2D eigenvalue weighted by Crippen LogP contribution is -2.32. The normalized spacial score (nSPS) is 12.4. The molecule has 5 nitrogen and oxygen atoms in total. The van der Waals surface area contributed by atoms with Crippen molar-refractivity contribution in [2.45, 2.75) is 25.9 Å². The van der Waals surface area contributed by atoms with E-state index in [2.05, 4.69) is 10.4 Å². The van der Waals surface area contributed by atoms with Crippen LogP contribution in [0.4, 0.5) is 0 Å². The average Bonchev–Trinajstić information content (AvgIpc) is 2.95. The SMILES string of the molecule is CC(C)n1nccc1C(=O)N[C@H](CO)c1ccccc1. The van der Waals surface area contributed by atoms with Crippen molar-refractivity contribution < 1.29 is 9.90 Å². The van der Waals surface area contributed by atoms with Crippen LogP contribution < -0.4 is 5.32 Å². The number of hydrogen-bond acceptors (Lipinski definition) is 3. The van der Waals surface area contributed by atoms with E-state index >= 15 is 0 Å². The van der Waals surface area contributed by atoms with Crippen LogP contribution in [0.5, 0.6) is 0 Å². The van der Waals surface area contributed by atoms with Gasteiger partial charge in [0.05, 0.1) is 12.6 Å². The molecule has 0 aliphatic carbocycles. The minimum atomic E-state index is -0.417. The Bertz CT molecular complexity index is 564. The molecule has 1 atom stereocenters. The lowest BCUT2D eigenvalue weighted by Gasteiger charge is -2.18. The molecule has 0 saturated heterocycles. The summed E-state index contributed by atoms with van der Waals surface area (Å²) in [5.41, 5.74) is 1.37. The summed E-state index contributed by atoms with van der Waals surface area (Å²) in [6.45, 7) is 3.78. The van der Waals surface area contributed by atoms with Gasteiger partial charge in [-0.15, -0.1) is 0 Å². The highest BCUT2D eigenvalue weighted by Gasteiger charge is 2.18. The molecule has 0 aliphatic heterocycles. The Kier molecular flexibility index (Phi) is 4.53. The van der Waals surface area contributed by atoms with Crippen LogP contribution >= 0.6 is 0 Å². The number of rotatable bonds is 5. The molecule has 106 valence electrons. The smallest absolute Gasteiger partial charge is 0.270 e. The molecule has 0 spiro atoms. The third-order valence-electron chi connectivity index (χ3n) is 3.08. The Balaban J connectivity index is 2.16. The molecule has 1 aromatic heterocycles. The van der Waals surface area contributed by atoms with Gasteiger partial charge in [-0.25, -0.2) is 0 Å². The van der Waals surface area contributed by atoms with Crippen molar-refractivity contribution in [2.75, 3.05) is 6.61 Å². The second-order valence-electron chi connectivity index (χ2n) is 4.87. The predicted octanol–water partition coefficient (Wildman–Crippen LogP) is 1.93. The molecule has 0 bridgehead atoms. The Morgan fingerprint density at radius 2 is 2.00 bits per heavy atom. The number of amides is 1. The summed E-state index contributed by atoms with van der Waals surface area (Å²) in [4.78, 5) is 12.3. The lowest BCUT2D eigenvalue weighted by atomic mass is 10.1. The molecule has 0 aliphatic rings. The number of nitrogens with one attached hydrogen (secondary N) is 1. The van der Waals surface area contributed by atoms with Gasteiger partial charge in [-0.3, -0.25) is 9.48 Å². The zero-order chi connectivity index (χ0) is 14.5. The number of hydrogen-bond donors (Lipinski definition) is 2. The van der Waals surface area contributed by atoms with Crippen LogP contribution in [0.15, 0.2) is 42.6 Å². The number of aromatic nitrogens is 2. The van der Waals surface area contributed by atoms with Gasteiger partial charge in [0.25, 0.3) is 5.91 Å². The first-order valence-corrected chi connectivity index (χ1v) is 6.63. The molecule has 20 heavy (non-hydrogen) atoms. The van der Waals surface area contributed by atoms with E-state index in [1.807, 2.05) is 44.2 Å². The van der Waals surface area contributed by atoms with E-state index in [0.717, 1.165) is 5.56 Å². The second-order valence-corrected chi connectivity index (χ2v) is 4.87. The molecule has 0 saturated carbocycles. The van der Waals surface area contributed by atoms with E-state index in [0.29, 0.717) is 5.69 Å². The average molecular weight is 273 g/mol. The topological polar surface area (TPSA) is 67.2 Å². The van der Waals surface area contributed by atoms with Gasteiger partial charge in [-0.2, -0.15) is 5.10 Å². The maximum Gasteiger partial charge on any atom is 0.270 e. The van der Waals surface area contributed by atoms with Crippen LogP contribution in [0.1, 0.15) is 42.0 Å². The molecule has 2 aromatic rings. The van der Waals surface area contributed by atoms with Crippen molar-refractivity contribution in [2.24, 2.45) is 0 Å².